The molecule has 3 nitrogen and oxygen atoms in total. The van der Waals surface area contributed by atoms with E-state index < -0.39 is 11.4 Å². The summed E-state index contributed by atoms with van der Waals surface area (Å²) in [4.78, 5) is 10.1. The van der Waals surface area contributed by atoms with Crippen LogP contribution in [-0.2, 0) is 0 Å². The smallest absolute Gasteiger partial charge is 0.267 e. The van der Waals surface area contributed by atoms with Gasteiger partial charge in [-0.15, -0.1) is 0 Å². The molecule has 0 amide bonds. The fourth-order valence-electron chi connectivity index (χ4n) is 0.352. The molecule has 4 heteroatoms. The van der Waals surface area contributed by atoms with Crippen LogP contribution in [0.3, 0.4) is 0 Å². The van der Waals surface area contributed by atoms with Crippen molar-refractivity contribution in [2.45, 2.75) is 0 Å². The molecular formula is C4H3FN2O. The average molecular weight is 114 g/mol. The third-order valence-electron chi connectivity index (χ3n) is 0.632. The molecule has 1 N–H and O–H groups in total. The lowest BCUT2D eigenvalue weighted by Gasteiger charge is -1.79. The van der Waals surface area contributed by atoms with Gasteiger partial charge < -0.3 is 0 Å². The Bertz CT molecular complexity index is 231. The molecule has 42 valence electrons. The molecule has 0 saturated carbocycles. The predicted molar refractivity (Wildman–Crippen MR) is 24.8 cm³/mol. The van der Waals surface area contributed by atoms with Gasteiger partial charge in [-0.25, -0.2) is 9.49 Å². The van der Waals surface area contributed by atoms with Gasteiger partial charge in [-0.1, -0.05) is 0 Å². The van der Waals surface area contributed by atoms with Gasteiger partial charge >= 0.3 is 0 Å². The van der Waals surface area contributed by atoms with Crippen LogP contribution in [0.15, 0.2) is 17.1 Å². The summed E-state index contributed by atoms with van der Waals surface area (Å²) >= 11 is 0. The van der Waals surface area contributed by atoms with Crippen LogP contribution in [0.2, 0.25) is 0 Å². The van der Waals surface area contributed by atoms with Crippen LogP contribution in [-0.4, -0.2) is 10.2 Å². The van der Waals surface area contributed by atoms with Crippen molar-refractivity contribution in [3.05, 3.63) is 28.4 Å². The monoisotopic (exact) mass is 114 g/mol. The van der Waals surface area contributed by atoms with Gasteiger partial charge in [0.05, 0.1) is 6.20 Å². The van der Waals surface area contributed by atoms with Crippen LogP contribution in [0.4, 0.5) is 4.39 Å². The maximum atomic E-state index is 11.9. The Morgan fingerprint density at radius 2 is 2.50 bits per heavy atom. The average Bonchev–Trinajstić information content (AvgIpc) is 1.64. The van der Waals surface area contributed by atoms with E-state index in [1.165, 1.54) is 0 Å². The first kappa shape index (κ1) is 4.96. The minimum Gasteiger partial charge on any atom is -0.268 e. The Hall–Kier alpha value is -1.19. The van der Waals surface area contributed by atoms with E-state index in [1.807, 2.05) is 5.10 Å². The van der Waals surface area contributed by atoms with Gasteiger partial charge in [-0.3, -0.25) is 4.79 Å². The van der Waals surface area contributed by atoms with Crippen LogP contribution in [0.25, 0.3) is 0 Å². The Morgan fingerprint density at radius 1 is 1.75 bits per heavy atom. The highest BCUT2D eigenvalue weighted by Gasteiger charge is 1.85. The second-order valence-electron chi connectivity index (χ2n) is 1.26. The predicted octanol–water partition coefficient (Wildman–Crippen LogP) is -0.0910. The Morgan fingerprint density at radius 3 is 2.88 bits per heavy atom. The van der Waals surface area contributed by atoms with Crippen molar-refractivity contribution in [1.29, 1.82) is 0 Å². The maximum Gasteiger partial charge on any atom is 0.267 e. The summed E-state index contributed by atoms with van der Waals surface area (Å²) in [5, 5.41) is 5.20. The van der Waals surface area contributed by atoms with Gasteiger partial charge in [-0.05, 0) is 0 Å². The molecule has 1 aromatic rings. The van der Waals surface area contributed by atoms with Crippen LogP contribution < -0.4 is 5.56 Å². The summed E-state index contributed by atoms with van der Waals surface area (Å²) in [6.07, 6.45) is 0.932. The van der Waals surface area contributed by atoms with Gasteiger partial charge in [0.15, 0.2) is 0 Å². The summed E-state index contributed by atoms with van der Waals surface area (Å²) in [6, 6.07) is 0.826. The van der Waals surface area contributed by atoms with E-state index in [2.05, 4.69) is 5.10 Å². The molecule has 0 aliphatic carbocycles. The molecule has 0 saturated heterocycles. The van der Waals surface area contributed by atoms with Crippen molar-refractivity contribution >= 4 is 0 Å². The number of nitrogens with zero attached hydrogens (tertiary/aromatic N) is 1. The van der Waals surface area contributed by atoms with Crippen molar-refractivity contribution in [3.8, 4) is 0 Å². The van der Waals surface area contributed by atoms with Crippen LogP contribution in [0.1, 0.15) is 0 Å². The molecule has 0 aliphatic heterocycles. The Labute approximate surface area is 44.2 Å². The molecule has 8 heavy (non-hydrogen) atoms. The lowest BCUT2D eigenvalue weighted by Crippen LogP contribution is -2.05. The van der Waals surface area contributed by atoms with Crippen molar-refractivity contribution in [2.75, 3.05) is 0 Å². The van der Waals surface area contributed by atoms with E-state index in [-0.39, 0.29) is 0 Å². The van der Waals surface area contributed by atoms with Gasteiger partial charge in [0, 0.05) is 6.07 Å². The molecule has 0 atom stereocenters. The number of hydrogen-bond acceptors (Lipinski definition) is 2. The first-order valence-electron chi connectivity index (χ1n) is 1.99. The highest BCUT2D eigenvalue weighted by Crippen LogP contribution is 1.81. The first-order valence-corrected chi connectivity index (χ1v) is 1.99. The minimum atomic E-state index is -0.617. The van der Waals surface area contributed by atoms with E-state index in [9.17, 15) is 9.18 Å². The highest BCUT2D eigenvalue weighted by atomic mass is 19.1. The molecule has 1 rings (SSSR count). The third kappa shape index (κ3) is 0.900. The molecule has 1 heterocycles. The number of nitrogens with one attached hydrogen (secondary N) is 1. The fraction of sp³-hybridized carbons (Fsp3) is 0. The van der Waals surface area contributed by atoms with Crippen molar-refractivity contribution in [2.24, 2.45) is 0 Å². The van der Waals surface area contributed by atoms with E-state index in [0.29, 0.717) is 0 Å². The van der Waals surface area contributed by atoms with E-state index in [1.54, 1.807) is 0 Å². The minimum absolute atomic E-state index is 0.523. The van der Waals surface area contributed by atoms with Gasteiger partial charge in [-0.2, -0.15) is 5.10 Å². The summed E-state index contributed by atoms with van der Waals surface area (Å²) in [5.41, 5.74) is -0.523. The maximum absolute atomic E-state index is 11.9. The number of rotatable bonds is 0. The Balaban J connectivity index is 3.28. The fourth-order valence-corrected chi connectivity index (χ4v) is 0.352. The van der Waals surface area contributed by atoms with Crippen molar-refractivity contribution in [3.63, 3.8) is 0 Å². The normalized spacial score (nSPS) is 9.12. The van der Waals surface area contributed by atoms with Gasteiger partial charge in [0.25, 0.3) is 5.56 Å². The third-order valence-corrected chi connectivity index (χ3v) is 0.632. The van der Waals surface area contributed by atoms with Crippen LogP contribution in [0.5, 0.6) is 0 Å². The van der Waals surface area contributed by atoms with Crippen molar-refractivity contribution in [1.82, 2.24) is 10.2 Å². The number of aromatic nitrogens is 2. The SMILES string of the molecule is O=c1cc(F)cn[nH]1. The molecule has 0 radical (unpaired) electrons. The molecular weight excluding hydrogens is 111 g/mol. The quantitative estimate of drug-likeness (QED) is 0.512. The molecule has 0 bridgehead atoms. The summed E-state index contributed by atoms with van der Waals surface area (Å²) in [6.45, 7) is 0. The van der Waals surface area contributed by atoms with E-state index >= 15 is 0 Å². The molecule has 0 aromatic carbocycles. The second-order valence-corrected chi connectivity index (χ2v) is 1.26. The molecule has 1 aromatic heterocycles. The van der Waals surface area contributed by atoms with Crippen molar-refractivity contribution < 1.29 is 4.39 Å². The number of aromatic amines is 1. The zero-order valence-electron chi connectivity index (χ0n) is 3.89. The highest BCUT2D eigenvalue weighted by molar-refractivity contribution is 4.86. The number of H-pyrrole nitrogens is 1. The number of hydrogen-bond donors (Lipinski definition) is 1. The zero-order chi connectivity index (χ0) is 5.98. The zero-order valence-corrected chi connectivity index (χ0v) is 3.89. The summed E-state index contributed by atoms with van der Waals surface area (Å²) in [7, 11) is 0. The Kier molecular flexibility index (Phi) is 1.07. The summed E-state index contributed by atoms with van der Waals surface area (Å²) in [5.74, 6) is -0.617. The topological polar surface area (TPSA) is 45.8 Å². The summed E-state index contributed by atoms with van der Waals surface area (Å²) < 4.78 is 11.9. The largest absolute Gasteiger partial charge is 0.268 e. The lowest BCUT2D eigenvalue weighted by molar-refractivity contribution is 0.611. The number of halogens is 1. The van der Waals surface area contributed by atoms with Crippen LogP contribution >= 0.6 is 0 Å². The van der Waals surface area contributed by atoms with Crippen LogP contribution in [0, 0.1) is 5.82 Å². The van der Waals surface area contributed by atoms with E-state index in [0.717, 1.165) is 12.3 Å². The van der Waals surface area contributed by atoms with E-state index in [4.69, 9.17) is 0 Å². The molecule has 0 fully saturated rings. The van der Waals surface area contributed by atoms with Gasteiger partial charge in [0.2, 0.25) is 0 Å². The molecule has 0 unspecified atom stereocenters. The first-order chi connectivity index (χ1) is 3.79. The lowest BCUT2D eigenvalue weighted by atomic mass is 10.6. The molecule has 0 aliphatic rings. The standard InChI is InChI=1S/C4H3FN2O/c5-3-1-4(8)7-6-2-3/h1-2H,(H,7,8). The second kappa shape index (κ2) is 1.73. The van der Waals surface area contributed by atoms with Gasteiger partial charge in [0.1, 0.15) is 5.82 Å². The molecule has 0 spiro atoms.